The summed E-state index contributed by atoms with van der Waals surface area (Å²) < 4.78 is 27.3. The zero-order valence-corrected chi connectivity index (χ0v) is 20.6. The molecule has 0 aromatic heterocycles. The van der Waals surface area contributed by atoms with Gasteiger partial charge in [-0.25, -0.2) is 8.78 Å². The number of rotatable bonds is 4. The number of para-hydroxylation sites is 1. The minimum atomic E-state index is -0.336. The maximum absolute atomic E-state index is 14.1. The molecular weight excluding hydrogens is 462 g/mol. The molecule has 36 heavy (non-hydrogen) atoms. The van der Waals surface area contributed by atoms with E-state index in [9.17, 15) is 18.4 Å². The van der Waals surface area contributed by atoms with Gasteiger partial charge in [0.15, 0.2) is 0 Å². The Balaban J connectivity index is 1.06. The molecule has 2 aromatic rings. The van der Waals surface area contributed by atoms with Crippen molar-refractivity contribution in [1.29, 1.82) is 0 Å². The van der Waals surface area contributed by atoms with Gasteiger partial charge in [0.25, 0.3) is 5.91 Å². The molecule has 3 aliphatic rings. The summed E-state index contributed by atoms with van der Waals surface area (Å²) >= 11 is 0. The molecule has 2 amide bonds. The second kappa shape index (κ2) is 10.9. The Morgan fingerprint density at radius 3 is 1.97 bits per heavy atom. The molecule has 0 spiro atoms. The van der Waals surface area contributed by atoms with Crippen LogP contribution in [0, 0.1) is 17.6 Å². The number of carbonyl (C=O) groups excluding carboxylic acids is 2. The number of hydrogen-bond donors (Lipinski definition) is 0. The number of amides is 2. The molecule has 2 aromatic carbocycles. The van der Waals surface area contributed by atoms with E-state index in [4.69, 9.17) is 0 Å². The van der Waals surface area contributed by atoms with Gasteiger partial charge in [0, 0.05) is 56.8 Å². The Morgan fingerprint density at radius 1 is 0.694 bits per heavy atom. The topological polar surface area (TPSA) is 47.1 Å². The number of hydrogen-bond acceptors (Lipinski definition) is 4. The predicted octanol–water partition coefficient (Wildman–Crippen LogP) is 3.63. The highest BCUT2D eigenvalue weighted by atomic mass is 19.1. The van der Waals surface area contributed by atoms with Gasteiger partial charge in [0.05, 0.1) is 5.69 Å². The zero-order chi connectivity index (χ0) is 25.1. The molecule has 0 atom stereocenters. The maximum atomic E-state index is 14.1. The Labute approximate surface area is 211 Å². The lowest BCUT2D eigenvalue weighted by molar-refractivity contribution is -0.137. The number of carbonyl (C=O) groups is 2. The summed E-state index contributed by atoms with van der Waals surface area (Å²) in [6.45, 7) is 5.78. The summed E-state index contributed by atoms with van der Waals surface area (Å²) in [5.74, 6) is -0.288. The Bertz CT molecular complexity index is 1060. The van der Waals surface area contributed by atoms with Gasteiger partial charge in [0.1, 0.15) is 11.6 Å². The van der Waals surface area contributed by atoms with Gasteiger partial charge >= 0.3 is 0 Å². The third-order valence-electron chi connectivity index (χ3n) is 8.02. The van der Waals surface area contributed by atoms with E-state index in [0.717, 1.165) is 38.8 Å². The minimum absolute atomic E-state index is 0.0344. The standard InChI is InChI=1S/C28H34F2N4O2/c29-23-7-5-21(6-8-23)27(35)33-15-11-24(12-16-33)31-13-9-22(10-14-31)28(36)34-19-17-32(18-20-34)26-4-2-1-3-25(26)30/h1-8,22,24H,9-20H2. The molecule has 3 aliphatic heterocycles. The van der Waals surface area contributed by atoms with Crippen LogP contribution in [0.1, 0.15) is 36.0 Å². The van der Waals surface area contributed by atoms with Crippen molar-refractivity contribution in [1.82, 2.24) is 14.7 Å². The van der Waals surface area contributed by atoms with Crippen LogP contribution in [0.25, 0.3) is 0 Å². The molecule has 0 N–H and O–H groups in total. The summed E-state index contributed by atoms with van der Waals surface area (Å²) in [7, 11) is 0. The Morgan fingerprint density at radius 2 is 1.33 bits per heavy atom. The highest BCUT2D eigenvalue weighted by Crippen LogP contribution is 2.27. The average Bonchev–Trinajstić information content (AvgIpc) is 2.93. The quantitative estimate of drug-likeness (QED) is 0.649. The van der Waals surface area contributed by atoms with Crippen molar-refractivity contribution in [3.8, 4) is 0 Å². The van der Waals surface area contributed by atoms with E-state index in [-0.39, 0.29) is 29.4 Å². The molecule has 3 fully saturated rings. The molecule has 0 aliphatic carbocycles. The van der Waals surface area contributed by atoms with Gasteiger partial charge in [0.2, 0.25) is 5.91 Å². The van der Waals surface area contributed by atoms with Crippen LogP contribution >= 0.6 is 0 Å². The van der Waals surface area contributed by atoms with Crippen LogP contribution in [0.15, 0.2) is 48.5 Å². The first-order chi connectivity index (χ1) is 17.5. The highest BCUT2D eigenvalue weighted by Gasteiger charge is 2.34. The first-order valence-electron chi connectivity index (χ1n) is 13.1. The highest BCUT2D eigenvalue weighted by molar-refractivity contribution is 5.94. The fraction of sp³-hybridized carbons (Fsp3) is 0.500. The summed E-state index contributed by atoms with van der Waals surface area (Å²) in [5.41, 5.74) is 1.15. The predicted molar refractivity (Wildman–Crippen MR) is 135 cm³/mol. The smallest absolute Gasteiger partial charge is 0.253 e. The molecule has 0 bridgehead atoms. The maximum Gasteiger partial charge on any atom is 0.253 e. The van der Waals surface area contributed by atoms with E-state index >= 15 is 0 Å². The van der Waals surface area contributed by atoms with E-state index in [1.54, 1.807) is 24.3 Å². The average molecular weight is 497 g/mol. The molecular formula is C28H34F2N4O2. The van der Waals surface area contributed by atoms with Gasteiger partial charge in [-0.05, 0) is 75.2 Å². The third-order valence-corrected chi connectivity index (χ3v) is 8.02. The molecule has 192 valence electrons. The van der Waals surface area contributed by atoms with Gasteiger partial charge in [-0.1, -0.05) is 12.1 Å². The first-order valence-corrected chi connectivity index (χ1v) is 13.1. The molecule has 8 heteroatoms. The summed E-state index contributed by atoms with van der Waals surface area (Å²) in [4.78, 5) is 34.2. The van der Waals surface area contributed by atoms with Crippen molar-refractivity contribution in [3.05, 3.63) is 65.7 Å². The van der Waals surface area contributed by atoms with Crippen molar-refractivity contribution in [2.24, 2.45) is 5.92 Å². The van der Waals surface area contributed by atoms with Crippen LogP contribution in [0.4, 0.5) is 14.5 Å². The number of benzene rings is 2. The Kier molecular flexibility index (Phi) is 7.51. The number of likely N-dealkylation sites (tertiary alicyclic amines) is 2. The summed E-state index contributed by atoms with van der Waals surface area (Å²) in [6.07, 6.45) is 3.56. The molecule has 0 radical (unpaired) electrons. The summed E-state index contributed by atoms with van der Waals surface area (Å²) in [6, 6.07) is 13.0. The van der Waals surface area contributed by atoms with E-state index in [1.165, 1.54) is 18.2 Å². The lowest BCUT2D eigenvalue weighted by atomic mass is 9.92. The number of anilines is 1. The molecule has 6 nitrogen and oxygen atoms in total. The minimum Gasteiger partial charge on any atom is -0.366 e. The molecule has 3 heterocycles. The number of piperidine rings is 2. The number of halogens is 2. The van der Waals surface area contributed by atoms with Gasteiger partial charge in [-0.3, -0.25) is 9.59 Å². The molecule has 3 saturated heterocycles. The lowest BCUT2D eigenvalue weighted by Gasteiger charge is -2.43. The van der Waals surface area contributed by atoms with Gasteiger partial charge in [-0.2, -0.15) is 0 Å². The molecule has 5 rings (SSSR count). The van der Waals surface area contributed by atoms with E-state index in [1.807, 2.05) is 20.8 Å². The van der Waals surface area contributed by atoms with E-state index in [2.05, 4.69) is 4.90 Å². The largest absolute Gasteiger partial charge is 0.366 e. The summed E-state index contributed by atoms with van der Waals surface area (Å²) in [5, 5.41) is 0. The van der Waals surface area contributed by atoms with Gasteiger partial charge in [-0.15, -0.1) is 0 Å². The van der Waals surface area contributed by atoms with Crippen molar-refractivity contribution in [2.45, 2.75) is 31.7 Å². The monoisotopic (exact) mass is 496 g/mol. The number of nitrogens with zero attached hydrogens (tertiary/aromatic N) is 4. The zero-order valence-electron chi connectivity index (χ0n) is 20.6. The van der Waals surface area contributed by atoms with Crippen LogP contribution in [0.5, 0.6) is 0 Å². The second-order valence-electron chi connectivity index (χ2n) is 10.1. The second-order valence-corrected chi connectivity index (χ2v) is 10.1. The van der Waals surface area contributed by atoms with Gasteiger partial charge < -0.3 is 19.6 Å². The van der Waals surface area contributed by atoms with Crippen molar-refractivity contribution in [2.75, 3.05) is 57.3 Å². The lowest BCUT2D eigenvalue weighted by Crippen LogP contribution is -2.53. The van der Waals surface area contributed by atoms with Crippen molar-refractivity contribution >= 4 is 17.5 Å². The van der Waals surface area contributed by atoms with Crippen molar-refractivity contribution < 1.29 is 18.4 Å². The Hall–Kier alpha value is -3.00. The van der Waals surface area contributed by atoms with Crippen LogP contribution in [-0.4, -0.2) is 84.9 Å². The van der Waals surface area contributed by atoms with Crippen LogP contribution in [-0.2, 0) is 4.79 Å². The normalized spacial score (nSPS) is 20.6. The first kappa shape index (κ1) is 24.7. The number of piperazine rings is 1. The fourth-order valence-corrected chi connectivity index (χ4v) is 5.85. The molecule has 0 saturated carbocycles. The fourth-order valence-electron chi connectivity index (χ4n) is 5.85. The van der Waals surface area contributed by atoms with Crippen LogP contribution in [0.3, 0.4) is 0 Å². The van der Waals surface area contributed by atoms with E-state index in [0.29, 0.717) is 56.6 Å². The van der Waals surface area contributed by atoms with Crippen LogP contribution in [0.2, 0.25) is 0 Å². The SMILES string of the molecule is O=C(c1ccc(F)cc1)N1CCC(N2CCC(C(=O)N3CCN(c4ccccc4F)CC3)CC2)CC1. The van der Waals surface area contributed by atoms with Crippen LogP contribution < -0.4 is 4.90 Å². The van der Waals surface area contributed by atoms with E-state index < -0.39 is 0 Å². The third kappa shape index (κ3) is 5.38. The van der Waals surface area contributed by atoms with Crippen molar-refractivity contribution in [3.63, 3.8) is 0 Å². The molecule has 0 unspecified atom stereocenters.